The number of thiophene rings is 1. The van der Waals surface area contributed by atoms with E-state index in [1.807, 2.05) is 17.5 Å². The van der Waals surface area contributed by atoms with Crippen LogP contribution < -0.4 is 14.8 Å². The van der Waals surface area contributed by atoms with E-state index in [9.17, 15) is 9.18 Å². The van der Waals surface area contributed by atoms with Crippen molar-refractivity contribution in [3.05, 3.63) is 76.2 Å². The summed E-state index contributed by atoms with van der Waals surface area (Å²) in [7, 11) is 1.55. The van der Waals surface area contributed by atoms with Crippen LogP contribution >= 0.6 is 11.3 Å². The van der Waals surface area contributed by atoms with Crippen LogP contribution in [0.4, 0.5) is 10.1 Å². The number of nitrogens with one attached hydrogen (secondary N) is 1. The van der Waals surface area contributed by atoms with Crippen LogP contribution in [-0.2, 0) is 6.61 Å². The van der Waals surface area contributed by atoms with Crippen LogP contribution in [0.5, 0.6) is 11.5 Å². The fourth-order valence-electron chi connectivity index (χ4n) is 2.23. The molecule has 128 valence electrons. The minimum absolute atomic E-state index is 0.189. The lowest BCUT2D eigenvalue weighted by Gasteiger charge is -2.08. The van der Waals surface area contributed by atoms with Crippen LogP contribution in [0.1, 0.15) is 15.2 Å². The zero-order valence-corrected chi connectivity index (χ0v) is 14.3. The number of carbonyl (C=O) groups is 1. The molecule has 3 aromatic rings. The second-order valence-electron chi connectivity index (χ2n) is 5.19. The van der Waals surface area contributed by atoms with Gasteiger partial charge >= 0.3 is 0 Å². The van der Waals surface area contributed by atoms with Crippen LogP contribution in [-0.4, -0.2) is 13.0 Å². The van der Waals surface area contributed by atoms with Crippen molar-refractivity contribution in [2.45, 2.75) is 6.61 Å². The number of rotatable bonds is 6. The van der Waals surface area contributed by atoms with E-state index in [2.05, 4.69) is 5.32 Å². The summed E-state index contributed by atoms with van der Waals surface area (Å²) in [5, 5.41) is 4.64. The Morgan fingerprint density at radius 3 is 2.60 bits per heavy atom. The van der Waals surface area contributed by atoms with E-state index in [0.717, 1.165) is 5.56 Å². The third-order valence-electron chi connectivity index (χ3n) is 3.46. The first-order valence-electron chi connectivity index (χ1n) is 7.56. The molecule has 0 saturated heterocycles. The number of amides is 1. The maximum atomic E-state index is 13.5. The predicted octanol–water partition coefficient (Wildman–Crippen LogP) is 4.73. The van der Waals surface area contributed by atoms with Gasteiger partial charge in [-0.3, -0.25) is 4.79 Å². The molecule has 1 amide bonds. The van der Waals surface area contributed by atoms with Crippen molar-refractivity contribution >= 4 is 22.9 Å². The van der Waals surface area contributed by atoms with Gasteiger partial charge in [0.2, 0.25) is 0 Å². The number of hydrogen-bond acceptors (Lipinski definition) is 4. The highest BCUT2D eigenvalue weighted by Gasteiger charge is 2.12. The molecule has 0 radical (unpaired) electrons. The summed E-state index contributed by atoms with van der Waals surface area (Å²) in [6.07, 6.45) is 0. The van der Waals surface area contributed by atoms with Gasteiger partial charge in [-0.1, -0.05) is 24.3 Å². The SMILES string of the molecule is COc1ccccc1NC(=O)c1cc(COc2ccccc2F)cs1. The Balaban J connectivity index is 1.64. The zero-order chi connectivity index (χ0) is 17.6. The van der Waals surface area contributed by atoms with Gasteiger partial charge in [0.1, 0.15) is 12.4 Å². The summed E-state index contributed by atoms with van der Waals surface area (Å²) in [4.78, 5) is 12.9. The number of hydrogen-bond donors (Lipinski definition) is 1. The molecule has 0 aliphatic rings. The largest absolute Gasteiger partial charge is 0.495 e. The highest BCUT2D eigenvalue weighted by molar-refractivity contribution is 7.12. The van der Waals surface area contributed by atoms with Crippen molar-refractivity contribution < 1.29 is 18.7 Å². The Kier molecular flexibility index (Phi) is 5.30. The van der Waals surface area contributed by atoms with Crippen molar-refractivity contribution in [1.29, 1.82) is 0 Å². The van der Waals surface area contributed by atoms with Crippen molar-refractivity contribution in [2.75, 3.05) is 12.4 Å². The third kappa shape index (κ3) is 4.16. The smallest absolute Gasteiger partial charge is 0.265 e. The minimum Gasteiger partial charge on any atom is -0.495 e. The molecule has 2 aromatic carbocycles. The first-order chi connectivity index (χ1) is 12.2. The maximum Gasteiger partial charge on any atom is 0.265 e. The molecule has 0 aliphatic carbocycles. The normalized spacial score (nSPS) is 10.3. The molecule has 1 aromatic heterocycles. The second-order valence-corrected chi connectivity index (χ2v) is 6.10. The van der Waals surface area contributed by atoms with Gasteiger partial charge in [-0.2, -0.15) is 0 Å². The van der Waals surface area contributed by atoms with Crippen LogP contribution in [0.15, 0.2) is 60.0 Å². The summed E-state index contributed by atoms with van der Waals surface area (Å²) in [5.74, 6) is 0.141. The molecular weight excluding hydrogens is 341 g/mol. The molecule has 0 atom stereocenters. The molecule has 3 rings (SSSR count). The van der Waals surface area contributed by atoms with E-state index >= 15 is 0 Å². The molecule has 0 unspecified atom stereocenters. The van der Waals surface area contributed by atoms with E-state index in [1.165, 1.54) is 17.4 Å². The quantitative estimate of drug-likeness (QED) is 0.694. The van der Waals surface area contributed by atoms with Crippen LogP contribution in [0, 0.1) is 5.82 Å². The molecule has 1 N–H and O–H groups in total. The number of halogens is 1. The second kappa shape index (κ2) is 7.81. The molecule has 6 heteroatoms. The van der Waals surface area contributed by atoms with Gasteiger partial charge in [0, 0.05) is 5.56 Å². The summed E-state index contributed by atoms with van der Waals surface area (Å²) in [5.41, 5.74) is 1.41. The molecule has 4 nitrogen and oxygen atoms in total. The Morgan fingerprint density at radius 2 is 1.84 bits per heavy atom. The first kappa shape index (κ1) is 17.0. The Hall–Kier alpha value is -2.86. The maximum absolute atomic E-state index is 13.5. The summed E-state index contributed by atoms with van der Waals surface area (Å²) in [6, 6.07) is 15.1. The van der Waals surface area contributed by atoms with E-state index in [0.29, 0.717) is 16.3 Å². The van der Waals surface area contributed by atoms with Gasteiger partial charge in [-0.05, 0) is 35.7 Å². The molecule has 1 heterocycles. The van der Waals surface area contributed by atoms with Gasteiger partial charge in [-0.25, -0.2) is 4.39 Å². The minimum atomic E-state index is -0.410. The Bertz CT molecular complexity index is 878. The topological polar surface area (TPSA) is 47.6 Å². The monoisotopic (exact) mass is 357 g/mol. The number of ether oxygens (including phenoxy) is 2. The average molecular weight is 357 g/mol. The predicted molar refractivity (Wildman–Crippen MR) is 96.0 cm³/mol. The van der Waals surface area contributed by atoms with E-state index in [1.54, 1.807) is 43.5 Å². The molecule has 0 bridgehead atoms. The number of anilines is 1. The highest BCUT2D eigenvalue weighted by Crippen LogP contribution is 2.25. The molecule has 0 spiro atoms. The summed E-state index contributed by atoms with van der Waals surface area (Å²) < 4.78 is 24.2. The molecule has 25 heavy (non-hydrogen) atoms. The Morgan fingerprint density at radius 1 is 1.12 bits per heavy atom. The average Bonchev–Trinajstić information content (AvgIpc) is 3.11. The fraction of sp³-hybridized carbons (Fsp3) is 0.105. The number of methoxy groups -OCH3 is 1. The molecule has 0 aliphatic heterocycles. The van der Waals surface area contributed by atoms with Gasteiger partial charge in [-0.15, -0.1) is 11.3 Å². The van der Waals surface area contributed by atoms with Gasteiger partial charge in [0.05, 0.1) is 17.7 Å². The third-order valence-corrected chi connectivity index (χ3v) is 4.44. The molecular formula is C19H16FNO3S. The standard InChI is InChI=1S/C19H16FNO3S/c1-23-17-9-5-3-7-15(17)21-19(22)18-10-13(12-25-18)11-24-16-8-4-2-6-14(16)20/h2-10,12H,11H2,1H3,(H,21,22). The van der Waals surface area contributed by atoms with Crippen LogP contribution in [0.25, 0.3) is 0 Å². The van der Waals surface area contributed by atoms with Gasteiger partial charge in [0.25, 0.3) is 5.91 Å². The van der Waals surface area contributed by atoms with Crippen molar-refractivity contribution in [1.82, 2.24) is 0 Å². The lowest BCUT2D eigenvalue weighted by molar-refractivity contribution is 0.103. The van der Waals surface area contributed by atoms with Crippen LogP contribution in [0.3, 0.4) is 0 Å². The van der Waals surface area contributed by atoms with E-state index < -0.39 is 5.82 Å². The lowest BCUT2D eigenvalue weighted by atomic mass is 10.2. The first-order valence-corrected chi connectivity index (χ1v) is 8.44. The number of para-hydroxylation sites is 3. The summed E-state index contributed by atoms with van der Waals surface area (Å²) in [6.45, 7) is 0.194. The van der Waals surface area contributed by atoms with E-state index in [4.69, 9.17) is 9.47 Å². The van der Waals surface area contributed by atoms with Crippen molar-refractivity contribution in [3.8, 4) is 11.5 Å². The van der Waals surface area contributed by atoms with Crippen molar-refractivity contribution in [2.24, 2.45) is 0 Å². The Labute approximate surface area is 148 Å². The number of carbonyl (C=O) groups excluding carboxylic acids is 1. The van der Waals surface area contributed by atoms with Gasteiger partial charge < -0.3 is 14.8 Å². The summed E-state index contributed by atoms with van der Waals surface area (Å²) >= 11 is 1.30. The zero-order valence-electron chi connectivity index (χ0n) is 13.5. The van der Waals surface area contributed by atoms with E-state index in [-0.39, 0.29) is 18.3 Å². The lowest BCUT2D eigenvalue weighted by Crippen LogP contribution is -2.11. The number of benzene rings is 2. The van der Waals surface area contributed by atoms with Gasteiger partial charge in [0.15, 0.2) is 11.6 Å². The molecule has 0 fully saturated rings. The van der Waals surface area contributed by atoms with Crippen LogP contribution in [0.2, 0.25) is 0 Å². The highest BCUT2D eigenvalue weighted by atomic mass is 32.1. The fourth-order valence-corrected chi connectivity index (χ4v) is 3.02. The van der Waals surface area contributed by atoms with Crippen molar-refractivity contribution in [3.63, 3.8) is 0 Å². The molecule has 0 saturated carbocycles.